The number of nitrogens with one attached hydrogen (secondary N) is 1. The van der Waals surface area contributed by atoms with E-state index in [-0.39, 0.29) is 24.1 Å². The first kappa shape index (κ1) is 13.4. The monoisotopic (exact) mass is 202 g/mol. The summed E-state index contributed by atoms with van der Waals surface area (Å²) in [7, 11) is 0. The average molecular weight is 202 g/mol. The minimum Gasteiger partial charge on any atom is -0.465 e. The number of rotatable bonds is 6. The lowest BCUT2D eigenvalue weighted by Gasteiger charge is -2.24. The number of nitrogens with two attached hydrogens (primary N) is 1. The summed E-state index contributed by atoms with van der Waals surface area (Å²) >= 11 is 0. The van der Waals surface area contributed by atoms with Crippen molar-refractivity contribution < 1.29 is 9.53 Å². The highest BCUT2D eigenvalue weighted by Crippen LogP contribution is 2.00. The topological polar surface area (TPSA) is 64.3 Å². The van der Waals surface area contributed by atoms with Gasteiger partial charge in [0.15, 0.2) is 0 Å². The fourth-order valence-electron chi connectivity index (χ4n) is 1.19. The summed E-state index contributed by atoms with van der Waals surface area (Å²) in [4.78, 5) is 11.5. The Kier molecular flexibility index (Phi) is 6.49. The van der Waals surface area contributed by atoms with Crippen molar-refractivity contribution in [2.24, 2.45) is 5.73 Å². The second kappa shape index (κ2) is 6.79. The smallest absolute Gasteiger partial charge is 0.324 e. The molecule has 0 aromatic carbocycles. The van der Waals surface area contributed by atoms with Gasteiger partial charge in [-0.3, -0.25) is 4.79 Å². The average Bonchev–Trinajstić information content (AvgIpc) is 2.13. The van der Waals surface area contributed by atoms with E-state index >= 15 is 0 Å². The quantitative estimate of drug-likeness (QED) is 0.621. The Morgan fingerprint density at radius 2 is 2.00 bits per heavy atom. The highest BCUT2D eigenvalue weighted by atomic mass is 16.5. The Hall–Kier alpha value is -0.610. The molecule has 14 heavy (non-hydrogen) atoms. The number of ether oxygens (including phenoxy) is 1. The zero-order valence-corrected chi connectivity index (χ0v) is 9.54. The zero-order chi connectivity index (χ0) is 11.1. The molecule has 2 atom stereocenters. The van der Waals surface area contributed by atoms with Crippen LogP contribution in [0.4, 0.5) is 0 Å². The SMILES string of the molecule is CCOC(=O)C(NC(C)C)C(N)CC. The molecular formula is C10H22N2O2. The molecule has 0 radical (unpaired) electrons. The van der Waals surface area contributed by atoms with E-state index in [0.717, 1.165) is 6.42 Å². The van der Waals surface area contributed by atoms with Crippen molar-refractivity contribution in [2.45, 2.75) is 52.2 Å². The summed E-state index contributed by atoms with van der Waals surface area (Å²) < 4.78 is 4.95. The van der Waals surface area contributed by atoms with Gasteiger partial charge < -0.3 is 15.8 Å². The van der Waals surface area contributed by atoms with Crippen LogP contribution in [-0.4, -0.2) is 30.7 Å². The summed E-state index contributed by atoms with van der Waals surface area (Å²) in [6.07, 6.45) is 0.753. The summed E-state index contributed by atoms with van der Waals surface area (Å²) in [5.41, 5.74) is 5.83. The summed E-state index contributed by atoms with van der Waals surface area (Å²) in [5, 5.41) is 3.12. The molecule has 0 aliphatic carbocycles. The van der Waals surface area contributed by atoms with Crippen molar-refractivity contribution in [1.82, 2.24) is 5.32 Å². The number of carbonyl (C=O) groups is 1. The third-order valence-corrected chi connectivity index (χ3v) is 1.95. The van der Waals surface area contributed by atoms with E-state index in [2.05, 4.69) is 5.32 Å². The van der Waals surface area contributed by atoms with Gasteiger partial charge in [0, 0.05) is 12.1 Å². The molecule has 0 spiro atoms. The molecule has 4 nitrogen and oxygen atoms in total. The molecule has 0 aromatic heterocycles. The molecule has 0 amide bonds. The third-order valence-electron chi connectivity index (χ3n) is 1.95. The molecule has 84 valence electrons. The predicted molar refractivity (Wildman–Crippen MR) is 57.0 cm³/mol. The van der Waals surface area contributed by atoms with Crippen LogP contribution in [0.3, 0.4) is 0 Å². The van der Waals surface area contributed by atoms with E-state index in [4.69, 9.17) is 10.5 Å². The van der Waals surface area contributed by atoms with Crippen LogP contribution in [-0.2, 0) is 9.53 Å². The fraction of sp³-hybridized carbons (Fsp3) is 0.900. The van der Waals surface area contributed by atoms with E-state index in [0.29, 0.717) is 6.61 Å². The minimum atomic E-state index is -0.389. The van der Waals surface area contributed by atoms with Crippen molar-refractivity contribution >= 4 is 5.97 Å². The number of hydrogen-bond donors (Lipinski definition) is 2. The molecule has 0 saturated heterocycles. The Morgan fingerprint density at radius 1 is 1.43 bits per heavy atom. The predicted octanol–water partition coefficient (Wildman–Crippen LogP) is 0.653. The molecule has 0 heterocycles. The van der Waals surface area contributed by atoms with Crippen LogP contribution >= 0.6 is 0 Å². The normalized spacial score (nSPS) is 15.3. The van der Waals surface area contributed by atoms with E-state index in [1.54, 1.807) is 6.92 Å². The third kappa shape index (κ3) is 4.58. The van der Waals surface area contributed by atoms with E-state index in [9.17, 15) is 4.79 Å². The summed E-state index contributed by atoms with van der Waals surface area (Å²) in [5.74, 6) is -0.254. The van der Waals surface area contributed by atoms with Gasteiger partial charge in [0.05, 0.1) is 6.61 Å². The second-order valence-electron chi connectivity index (χ2n) is 3.62. The van der Waals surface area contributed by atoms with Gasteiger partial charge in [-0.25, -0.2) is 0 Å². The first-order valence-electron chi connectivity index (χ1n) is 5.21. The highest BCUT2D eigenvalue weighted by molar-refractivity contribution is 5.76. The van der Waals surface area contributed by atoms with Gasteiger partial charge in [0.1, 0.15) is 6.04 Å². The van der Waals surface area contributed by atoms with Gasteiger partial charge in [0.25, 0.3) is 0 Å². The van der Waals surface area contributed by atoms with Crippen LogP contribution in [0.1, 0.15) is 34.1 Å². The van der Waals surface area contributed by atoms with E-state index in [1.807, 2.05) is 20.8 Å². The number of hydrogen-bond acceptors (Lipinski definition) is 4. The van der Waals surface area contributed by atoms with Crippen molar-refractivity contribution in [3.8, 4) is 0 Å². The van der Waals surface area contributed by atoms with Gasteiger partial charge in [-0.2, -0.15) is 0 Å². The Morgan fingerprint density at radius 3 is 2.36 bits per heavy atom. The second-order valence-corrected chi connectivity index (χ2v) is 3.62. The van der Waals surface area contributed by atoms with E-state index < -0.39 is 0 Å². The molecule has 0 aliphatic rings. The summed E-state index contributed by atoms with van der Waals surface area (Å²) in [6, 6.07) is -0.349. The highest BCUT2D eigenvalue weighted by Gasteiger charge is 2.25. The first-order chi connectivity index (χ1) is 6.52. The minimum absolute atomic E-state index is 0.184. The van der Waals surface area contributed by atoms with Crippen molar-refractivity contribution in [1.29, 1.82) is 0 Å². The van der Waals surface area contributed by atoms with Crippen LogP contribution in [0, 0.1) is 0 Å². The van der Waals surface area contributed by atoms with Gasteiger partial charge in [-0.15, -0.1) is 0 Å². The maximum atomic E-state index is 11.5. The maximum absolute atomic E-state index is 11.5. The largest absolute Gasteiger partial charge is 0.465 e. The molecule has 2 unspecified atom stereocenters. The molecule has 0 fully saturated rings. The van der Waals surface area contributed by atoms with Gasteiger partial charge in [-0.05, 0) is 13.3 Å². The van der Waals surface area contributed by atoms with Crippen LogP contribution in [0.2, 0.25) is 0 Å². The van der Waals surface area contributed by atoms with Crippen LogP contribution in [0.25, 0.3) is 0 Å². The fourth-order valence-corrected chi connectivity index (χ4v) is 1.19. The van der Waals surface area contributed by atoms with Crippen LogP contribution < -0.4 is 11.1 Å². The first-order valence-corrected chi connectivity index (χ1v) is 5.21. The standard InChI is InChI=1S/C10H22N2O2/c1-5-8(11)9(12-7(3)4)10(13)14-6-2/h7-9,12H,5-6,11H2,1-4H3. The lowest BCUT2D eigenvalue weighted by molar-refractivity contribution is -0.146. The van der Waals surface area contributed by atoms with E-state index in [1.165, 1.54) is 0 Å². The summed E-state index contributed by atoms with van der Waals surface area (Å²) in [6.45, 7) is 8.11. The molecular weight excluding hydrogens is 180 g/mol. The lowest BCUT2D eigenvalue weighted by atomic mass is 10.1. The van der Waals surface area contributed by atoms with Crippen LogP contribution in [0.15, 0.2) is 0 Å². The molecule has 0 aliphatic heterocycles. The van der Waals surface area contributed by atoms with Crippen molar-refractivity contribution in [3.05, 3.63) is 0 Å². The Labute approximate surface area is 86.2 Å². The molecule has 0 saturated carbocycles. The maximum Gasteiger partial charge on any atom is 0.324 e. The molecule has 0 bridgehead atoms. The molecule has 3 N–H and O–H groups in total. The van der Waals surface area contributed by atoms with Gasteiger partial charge in [0.2, 0.25) is 0 Å². The molecule has 0 rings (SSSR count). The molecule has 0 aromatic rings. The Balaban J connectivity index is 4.30. The van der Waals surface area contributed by atoms with Gasteiger partial charge in [-0.1, -0.05) is 20.8 Å². The van der Waals surface area contributed by atoms with Crippen molar-refractivity contribution in [2.75, 3.05) is 6.61 Å². The number of carbonyl (C=O) groups excluding carboxylic acids is 1. The zero-order valence-electron chi connectivity index (χ0n) is 9.54. The molecule has 4 heteroatoms. The van der Waals surface area contributed by atoms with Crippen LogP contribution in [0.5, 0.6) is 0 Å². The lowest BCUT2D eigenvalue weighted by Crippen LogP contribution is -2.53. The Bertz CT molecular complexity index is 172. The van der Waals surface area contributed by atoms with Gasteiger partial charge >= 0.3 is 5.97 Å². The van der Waals surface area contributed by atoms with Crippen molar-refractivity contribution in [3.63, 3.8) is 0 Å². The number of esters is 1.